The molecule has 2 aromatic rings. The molecule has 2 N–H and O–H groups in total. The standard InChI is InChI=1S/C16H20N4O/c1-11(2)19-15(21)9-20-10-17-8-14(20)13-5-3-4-12-6-7-18-16(12)13/h3-5,8,10-11,18H,6-7,9H2,1-2H3,(H,19,21). The second-order valence-electron chi connectivity index (χ2n) is 5.65. The lowest BCUT2D eigenvalue weighted by Crippen LogP contribution is -2.33. The molecule has 0 atom stereocenters. The molecule has 1 aromatic carbocycles. The number of hydrogen-bond acceptors (Lipinski definition) is 3. The number of nitrogens with zero attached hydrogens (tertiary/aromatic N) is 2. The molecule has 5 heteroatoms. The van der Waals surface area contributed by atoms with Crippen LogP contribution in [0.4, 0.5) is 5.69 Å². The predicted octanol–water partition coefficient (Wildman–Crippen LogP) is 2.04. The monoisotopic (exact) mass is 284 g/mol. The molecule has 110 valence electrons. The SMILES string of the molecule is CC(C)NC(=O)Cn1cncc1-c1cccc2c1NCC2. The van der Waals surface area contributed by atoms with Crippen LogP contribution in [0.15, 0.2) is 30.7 Å². The highest BCUT2D eigenvalue weighted by molar-refractivity contribution is 5.81. The van der Waals surface area contributed by atoms with Crippen LogP contribution in [0.5, 0.6) is 0 Å². The van der Waals surface area contributed by atoms with Gasteiger partial charge in [0.2, 0.25) is 5.91 Å². The van der Waals surface area contributed by atoms with E-state index in [-0.39, 0.29) is 18.5 Å². The van der Waals surface area contributed by atoms with Crippen LogP contribution in [-0.4, -0.2) is 28.0 Å². The number of imidazole rings is 1. The highest BCUT2D eigenvalue weighted by atomic mass is 16.2. The first kappa shape index (κ1) is 13.7. The van der Waals surface area contributed by atoms with Gasteiger partial charge in [-0.05, 0) is 25.8 Å². The Morgan fingerprint density at radius 3 is 3.14 bits per heavy atom. The van der Waals surface area contributed by atoms with E-state index in [0.717, 1.165) is 24.2 Å². The molecule has 5 nitrogen and oxygen atoms in total. The molecule has 1 aliphatic heterocycles. The summed E-state index contributed by atoms with van der Waals surface area (Å²) in [6.45, 7) is 5.17. The number of carbonyl (C=O) groups excluding carboxylic acids is 1. The van der Waals surface area contributed by atoms with Gasteiger partial charge in [0.05, 0.1) is 18.2 Å². The number of aromatic nitrogens is 2. The Bertz CT molecular complexity index is 660. The first-order valence-electron chi connectivity index (χ1n) is 7.31. The molecule has 1 amide bonds. The zero-order valence-electron chi connectivity index (χ0n) is 12.4. The largest absolute Gasteiger partial charge is 0.384 e. The fourth-order valence-electron chi connectivity index (χ4n) is 2.75. The molecule has 0 fully saturated rings. The van der Waals surface area contributed by atoms with Gasteiger partial charge in [0.15, 0.2) is 0 Å². The van der Waals surface area contributed by atoms with Crippen LogP contribution in [0.25, 0.3) is 11.3 Å². The number of amides is 1. The zero-order chi connectivity index (χ0) is 14.8. The Morgan fingerprint density at radius 1 is 1.48 bits per heavy atom. The smallest absolute Gasteiger partial charge is 0.240 e. The highest BCUT2D eigenvalue weighted by Gasteiger charge is 2.18. The number of fused-ring (bicyclic) bond motifs is 1. The summed E-state index contributed by atoms with van der Waals surface area (Å²) in [7, 11) is 0. The van der Waals surface area contributed by atoms with Gasteiger partial charge in [0.1, 0.15) is 6.54 Å². The number of rotatable bonds is 4. The van der Waals surface area contributed by atoms with Crippen molar-refractivity contribution in [1.82, 2.24) is 14.9 Å². The third-order valence-electron chi connectivity index (χ3n) is 3.60. The zero-order valence-corrected chi connectivity index (χ0v) is 12.4. The Hall–Kier alpha value is -2.30. The number of anilines is 1. The Morgan fingerprint density at radius 2 is 2.33 bits per heavy atom. The van der Waals surface area contributed by atoms with E-state index in [1.807, 2.05) is 24.6 Å². The fourth-order valence-corrected chi connectivity index (χ4v) is 2.75. The minimum atomic E-state index is 0.00443. The van der Waals surface area contributed by atoms with Crippen LogP contribution in [-0.2, 0) is 17.8 Å². The van der Waals surface area contributed by atoms with Gasteiger partial charge in [0.25, 0.3) is 0 Å². The van der Waals surface area contributed by atoms with E-state index >= 15 is 0 Å². The lowest BCUT2D eigenvalue weighted by molar-refractivity contribution is -0.122. The predicted molar refractivity (Wildman–Crippen MR) is 83.1 cm³/mol. The topological polar surface area (TPSA) is 59.0 Å². The van der Waals surface area contributed by atoms with E-state index < -0.39 is 0 Å². The maximum Gasteiger partial charge on any atom is 0.240 e. The minimum Gasteiger partial charge on any atom is -0.384 e. The van der Waals surface area contributed by atoms with Crippen molar-refractivity contribution in [2.45, 2.75) is 32.9 Å². The Balaban J connectivity index is 1.90. The van der Waals surface area contributed by atoms with Crippen molar-refractivity contribution in [1.29, 1.82) is 0 Å². The summed E-state index contributed by atoms with van der Waals surface area (Å²) in [6, 6.07) is 6.43. The van der Waals surface area contributed by atoms with Crippen LogP contribution in [0, 0.1) is 0 Å². The quantitative estimate of drug-likeness (QED) is 0.903. The number of carbonyl (C=O) groups is 1. The molecule has 0 unspecified atom stereocenters. The van der Waals surface area contributed by atoms with Crippen molar-refractivity contribution in [3.63, 3.8) is 0 Å². The van der Waals surface area contributed by atoms with Gasteiger partial charge in [0, 0.05) is 23.8 Å². The maximum absolute atomic E-state index is 12.0. The minimum absolute atomic E-state index is 0.00443. The lowest BCUT2D eigenvalue weighted by atomic mass is 10.1. The number of hydrogen-bond donors (Lipinski definition) is 2. The Labute approximate surface area is 124 Å². The fraction of sp³-hybridized carbons (Fsp3) is 0.375. The molecule has 1 aromatic heterocycles. The first-order valence-corrected chi connectivity index (χ1v) is 7.31. The van der Waals surface area contributed by atoms with Crippen LogP contribution >= 0.6 is 0 Å². The molecular weight excluding hydrogens is 264 g/mol. The molecule has 0 saturated heterocycles. The molecular formula is C16H20N4O. The summed E-state index contributed by atoms with van der Waals surface area (Å²) in [6.07, 6.45) is 4.58. The summed E-state index contributed by atoms with van der Waals surface area (Å²) in [4.78, 5) is 16.2. The summed E-state index contributed by atoms with van der Waals surface area (Å²) in [5, 5.41) is 6.34. The van der Waals surface area contributed by atoms with E-state index in [4.69, 9.17) is 0 Å². The van der Waals surface area contributed by atoms with Gasteiger partial charge in [-0.25, -0.2) is 4.98 Å². The third kappa shape index (κ3) is 2.77. The van der Waals surface area contributed by atoms with E-state index in [9.17, 15) is 4.79 Å². The molecule has 0 saturated carbocycles. The van der Waals surface area contributed by atoms with E-state index in [1.165, 1.54) is 11.3 Å². The van der Waals surface area contributed by atoms with Gasteiger partial charge in [-0.2, -0.15) is 0 Å². The molecule has 0 spiro atoms. The Kier molecular flexibility index (Phi) is 3.64. The average molecular weight is 284 g/mol. The molecule has 1 aliphatic rings. The highest BCUT2D eigenvalue weighted by Crippen LogP contribution is 2.34. The first-order chi connectivity index (χ1) is 10.1. The number of para-hydroxylation sites is 1. The normalized spacial score (nSPS) is 13.1. The molecule has 2 heterocycles. The second kappa shape index (κ2) is 5.60. The van der Waals surface area contributed by atoms with Crippen LogP contribution in [0.1, 0.15) is 19.4 Å². The van der Waals surface area contributed by atoms with E-state index in [1.54, 1.807) is 6.33 Å². The molecule has 0 radical (unpaired) electrons. The van der Waals surface area contributed by atoms with Crippen LogP contribution < -0.4 is 10.6 Å². The van der Waals surface area contributed by atoms with Gasteiger partial charge in [-0.1, -0.05) is 18.2 Å². The van der Waals surface area contributed by atoms with Gasteiger partial charge in [-0.15, -0.1) is 0 Å². The number of nitrogens with one attached hydrogen (secondary N) is 2. The van der Waals surface area contributed by atoms with Crippen LogP contribution in [0.3, 0.4) is 0 Å². The van der Waals surface area contributed by atoms with Gasteiger partial charge >= 0.3 is 0 Å². The number of benzene rings is 1. The van der Waals surface area contributed by atoms with Crippen molar-refractivity contribution >= 4 is 11.6 Å². The summed E-state index contributed by atoms with van der Waals surface area (Å²) in [5.41, 5.74) is 4.58. The van der Waals surface area contributed by atoms with Gasteiger partial charge < -0.3 is 15.2 Å². The summed E-state index contributed by atoms with van der Waals surface area (Å²) < 4.78 is 1.90. The van der Waals surface area contributed by atoms with E-state index in [0.29, 0.717) is 0 Å². The van der Waals surface area contributed by atoms with Crippen LogP contribution in [0.2, 0.25) is 0 Å². The summed E-state index contributed by atoms with van der Waals surface area (Å²) >= 11 is 0. The van der Waals surface area contributed by atoms with Gasteiger partial charge in [-0.3, -0.25) is 4.79 Å². The second-order valence-corrected chi connectivity index (χ2v) is 5.65. The summed E-state index contributed by atoms with van der Waals surface area (Å²) in [5.74, 6) is 0.00443. The molecule has 0 aliphatic carbocycles. The molecule has 0 bridgehead atoms. The van der Waals surface area contributed by atoms with Crippen molar-refractivity contribution < 1.29 is 4.79 Å². The molecule has 3 rings (SSSR count). The average Bonchev–Trinajstić information content (AvgIpc) is 3.05. The van der Waals surface area contributed by atoms with Crippen molar-refractivity contribution in [2.75, 3.05) is 11.9 Å². The lowest BCUT2D eigenvalue weighted by Gasteiger charge is -2.13. The van der Waals surface area contributed by atoms with Crippen molar-refractivity contribution in [2.24, 2.45) is 0 Å². The maximum atomic E-state index is 12.0. The third-order valence-corrected chi connectivity index (χ3v) is 3.60. The van der Waals surface area contributed by atoms with Crippen molar-refractivity contribution in [3.8, 4) is 11.3 Å². The van der Waals surface area contributed by atoms with E-state index in [2.05, 4.69) is 33.8 Å². The van der Waals surface area contributed by atoms with Crippen molar-refractivity contribution in [3.05, 3.63) is 36.3 Å². The molecule has 21 heavy (non-hydrogen) atoms.